The van der Waals surface area contributed by atoms with Crippen LogP contribution in [0.15, 0.2) is 0 Å². The summed E-state index contributed by atoms with van der Waals surface area (Å²) in [6, 6.07) is 0. The van der Waals surface area contributed by atoms with E-state index in [1.807, 2.05) is 4.90 Å². The number of piperazine rings is 1. The maximum absolute atomic E-state index is 10.2. The highest BCUT2D eigenvalue weighted by atomic mass is 31.1. The van der Waals surface area contributed by atoms with E-state index in [4.69, 9.17) is 4.89 Å². The number of hydrogen-bond donors (Lipinski definition) is 2. The quantitative estimate of drug-likeness (QED) is 0.559. The van der Waals surface area contributed by atoms with Gasteiger partial charge in [-0.2, -0.15) is 0 Å². The minimum Gasteiger partial charge on any atom is -0.326 e. The van der Waals surface area contributed by atoms with Crippen LogP contribution < -0.4 is 5.32 Å². The van der Waals surface area contributed by atoms with Crippen LogP contribution in [0.3, 0.4) is 0 Å². The second kappa shape index (κ2) is 4.85. The zero-order chi connectivity index (χ0) is 8.10. The number of rotatable bonds is 3. The Morgan fingerprint density at radius 3 is 2.73 bits per heavy atom. The van der Waals surface area contributed by atoms with Crippen molar-refractivity contribution in [3.63, 3.8) is 0 Å². The van der Waals surface area contributed by atoms with Crippen LogP contribution in [0, 0.1) is 0 Å². The van der Waals surface area contributed by atoms with Gasteiger partial charge >= 0.3 is 8.25 Å². The summed E-state index contributed by atoms with van der Waals surface area (Å²) in [6.07, 6.45) is 0. The van der Waals surface area contributed by atoms with Gasteiger partial charge in [0.1, 0.15) is 6.73 Å². The van der Waals surface area contributed by atoms with Crippen LogP contribution in [-0.4, -0.2) is 42.7 Å². The summed E-state index contributed by atoms with van der Waals surface area (Å²) in [5.74, 6) is 0. The molecule has 0 bridgehead atoms. The molecular formula is C5H13N2O3P. The van der Waals surface area contributed by atoms with Gasteiger partial charge < -0.3 is 10.2 Å². The van der Waals surface area contributed by atoms with Crippen molar-refractivity contribution in [2.75, 3.05) is 32.9 Å². The lowest BCUT2D eigenvalue weighted by Gasteiger charge is -2.25. The van der Waals surface area contributed by atoms with Gasteiger partial charge in [0.15, 0.2) is 0 Å². The molecule has 0 radical (unpaired) electrons. The molecule has 1 rings (SSSR count). The predicted molar refractivity (Wildman–Crippen MR) is 41.6 cm³/mol. The van der Waals surface area contributed by atoms with Gasteiger partial charge in [0, 0.05) is 26.2 Å². The Kier molecular flexibility index (Phi) is 4.04. The van der Waals surface area contributed by atoms with Crippen LogP contribution in [0.25, 0.3) is 0 Å². The van der Waals surface area contributed by atoms with Crippen molar-refractivity contribution in [1.29, 1.82) is 0 Å². The van der Waals surface area contributed by atoms with Crippen LogP contribution >= 0.6 is 8.25 Å². The van der Waals surface area contributed by atoms with Crippen LogP contribution in [-0.2, 0) is 9.09 Å². The molecule has 1 aliphatic heterocycles. The zero-order valence-electron chi connectivity index (χ0n) is 6.25. The Hall–Kier alpha value is 0.0700. The van der Waals surface area contributed by atoms with E-state index in [2.05, 4.69) is 9.84 Å². The zero-order valence-corrected chi connectivity index (χ0v) is 7.25. The smallest absolute Gasteiger partial charge is 0.317 e. The molecule has 1 saturated heterocycles. The van der Waals surface area contributed by atoms with E-state index in [9.17, 15) is 4.57 Å². The monoisotopic (exact) mass is 180 g/mol. The van der Waals surface area contributed by atoms with E-state index in [1.165, 1.54) is 0 Å². The van der Waals surface area contributed by atoms with Crippen LogP contribution in [0.4, 0.5) is 0 Å². The van der Waals surface area contributed by atoms with E-state index in [-0.39, 0.29) is 6.73 Å². The lowest BCUT2D eigenvalue weighted by atomic mass is 10.4. The third-order valence-corrected chi connectivity index (χ3v) is 1.96. The first-order valence-corrected chi connectivity index (χ1v) is 4.84. The SMILES string of the molecule is O=[PH](O)OCN1CCNCC1. The molecule has 0 amide bonds. The lowest BCUT2D eigenvalue weighted by molar-refractivity contribution is 0.109. The van der Waals surface area contributed by atoms with Crippen molar-refractivity contribution in [2.24, 2.45) is 0 Å². The Labute approximate surface area is 66.3 Å². The molecule has 0 aromatic rings. The molecular weight excluding hydrogens is 167 g/mol. The molecule has 0 spiro atoms. The van der Waals surface area contributed by atoms with Gasteiger partial charge in [-0.05, 0) is 0 Å². The first kappa shape index (κ1) is 9.16. The minimum absolute atomic E-state index is 0.274. The molecule has 1 fully saturated rings. The van der Waals surface area contributed by atoms with Crippen molar-refractivity contribution in [2.45, 2.75) is 0 Å². The van der Waals surface area contributed by atoms with Gasteiger partial charge in [-0.3, -0.25) is 14.0 Å². The van der Waals surface area contributed by atoms with Crippen molar-refractivity contribution < 1.29 is 14.0 Å². The fraction of sp³-hybridized carbons (Fsp3) is 1.00. The summed E-state index contributed by atoms with van der Waals surface area (Å²) in [4.78, 5) is 10.4. The Morgan fingerprint density at radius 2 is 2.18 bits per heavy atom. The van der Waals surface area contributed by atoms with Gasteiger partial charge in [0.05, 0.1) is 0 Å². The molecule has 0 saturated carbocycles. The minimum atomic E-state index is -2.75. The van der Waals surface area contributed by atoms with E-state index in [1.54, 1.807) is 0 Å². The Balaban J connectivity index is 2.09. The average molecular weight is 180 g/mol. The highest BCUT2D eigenvalue weighted by Gasteiger charge is 2.09. The molecule has 0 aliphatic carbocycles. The summed E-state index contributed by atoms with van der Waals surface area (Å²) in [5.41, 5.74) is 0. The van der Waals surface area contributed by atoms with Crippen LogP contribution in [0.5, 0.6) is 0 Å². The molecule has 1 aliphatic rings. The molecule has 2 N–H and O–H groups in total. The van der Waals surface area contributed by atoms with E-state index >= 15 is 0 Å². The summed E-state index contributed by atoms with van der Waals surface area (Å²) < 4.78 is 14.7. The molecule has 0 aromatic carbocycles. The van der Waals surface area contributed by atoms with Crippen molar-refractivity contribution >= 4 is 8.25 Å². The number of nitrogens with zero attached hydrogens (tertiary/aromatic N) is 1. The summed E-state index contributed by atoms with van der Waals surface area (Å²) in [6.45, 7) is 3.89. The highest BCUT2D eigenvalue weighted by molar-refractivity contribution is 7.32. The first-order valence-electron chi connectivity index (χ1n) is 3.58. The third kappa shape index (κ3) is 3.84. The number of nitrogens with one attached hydrogen (secondary N) is 1. The van der Waals surface area contributed by atoms with Crippen molar-refractivity contribution in [3.05, 3.63) is 0 Å². The summed E-state index contributed by atoms with van der Waals surface area (Å²) in [5, 5.41) is 3.17. The van der Waals surface area contributed by atoms with Crippen LogP contribution in [0.2, 0.25) is 0 Å². The largest absolute Gasteiger partial charge is 0.326 e. The second-order valence-corrected chi connectivity index (χ2v) is 3.23. The molecule has 6 heteroatoms. The Morgan fingerprint density at radius 1 is 1.55 bits per heavy atom. The van der Waals surface area contributed by atoms with Gasteiger partial charge in [-0.15, -0.1) is 0 Å². The van der Waals surface area contributed by atoms with E-state index < -0.39 is 8.25 Å². The normalized spacial score (nSPS) is 23.4. The van der Waals surface area contributed by atoms with E-state index in [0.29, 0.717) is 0 Å². The van der Waals surface area contributed by atoms with Gasteiger partial charge in [-0.25, -0.2) is 0 Å². The number of hydrogen-bond acceptors (Lipinski definition) is 4. The lowest BCUT2D eigenvalue weighted by Crippen LogP contribution is -2.43. The van der Waals surface area contributed by atoms with Gasteiger partial charge in [0.2, 0.25) is 0 Å². The predicted octanol–water partition coefficient (Wildman–Crippen LogP) is -0.752. The topological polar surface area (TPSA) is 61.8 Å². The first-order chi connectivity index (χ1) is 5.29. The van der Waals surface area contributed by atoms with Gasteiger partial charge in [-0.1, -0.05) is 0 Å². The molecule has 1 unspecified atom stereocenters. The maximum Gasteiger partial charge on any atom is 0.317 e. The molecule has 5 nitrogen and oxygen atoms in total. The van der Waals surface area contributed by atoms with Crippen LogP contribution in [0.1, 0.15) is 0 Å². The van der Waals surface area contributed by atoms with Crippen molar-refractivity contribution in [1.82, 2.24) is 10.2 Å². The molecule has 11 heavy (non-hydrogen) atoms. The second-order valence-electron chi connectivity index (χ2n) is 2.41. The fourth-order valence-corrected chi connectivity index (χ4v) is 1.28. The maximum atomic E-state index is 10.2. The molecule has 1 heterocycles. The third-order valence-electron chi connectivity index (χ3n) is 1.58. The highest BCUT2D eigenvalue weighted by Crippen LogP contribution is 2.14. The molecule has 1 atom stereocenters. The Bertz CT molecular complexity index is 138. The van der Waals surface area contributed by atoms with Gasteiger partial charge in [0.25, 0.3) is 0 Å². The van der Waals surface area contributed by atoms with Crippen molar-refractivity contribution in [3.8, 4) is 0 Å². The average Bonchev–Trinajstić information content (AvgIpc) is 2.03. The summed E-state index contributed by atoms with van der Waals surface area (Å²) in [7, 11) is -2.75. The molecule has 66 valence electrons. The van der Waals surface area contributed by atoms with E-state index in [0.717, 1.165) is 26.2 Å². The fourth-order valence-electron chi connectivity index (χ4n) is 0.987. The molecule has 0 aromatic heterocycles. The summed E-state index contributed by atoms with van der Waals surface area (Å²) >= 11 is 0. The standard InChI is InChI=1S/C5H13N2O3P/c8-11(9)10-5-7-3-1-6-2-4-7/h6,11H,1-5H2,(H,8,9).